The summed E-state index contributed by atoms with van der Waals surface area (Å²) in [5, 5.41) is 4.03. The zero-order chi connectivity index (χ0) is 14.1. The van der Waals surface area contributed by atoms with Gasteiger partial charge in [0.15, 0.2) is 11.5 Å². The van der Waals surface area contributed by atoms with Crippen molar-refractivity contribution in [2.75, 3.05) is 18.5 Å². The predicted molar refractivity (Wildman–Crippen MR) is 81.3 cm³/mol. The molecule has 0 fully saturated rings. The number of halogens is 1. The quantitative estimate of drug-likeness (QED) is 0.929. The topological polar surface area (TPSA) is 43.4 Å². The summed E-state index contributed by atoms with van der Waals surface area (Å²) in [6, 6.07) is 3.83. The summed E-state index contributed by atoms with van der Waals surface area (Å²) in [5.74, 6) is 1.44. The highest BCUT2D eigenvalue weighted by atomic mass is 35.5. The first-order chi connectivity index (χ1) is 9.65. The van der Waals surface area contributed by atoms with E-state index in [1.165, 1.54) is 4.88 Å². The standard InChI is InChI=1S/C14H15ClN2O2S/c1-8-14(20-7-16-8)9(2)17-11-6-13-12(5-10(11)15)18-3-4-19-13/h5-7,9,17H,3-4H2,1-2H3. The van der Waals surface area contributed by atoms with E-state index in [0.717, 1.165) is 17.1 Å². The SMILES string of the molecule is Cc1ncsc1C(C)Nc1cc2c(cc1Cl)OCCO2. The zero-order valence-electron chi connectivity index (χ0n) is 11.3. The van der Waals surface area contributed by atoms with Crippen LogP contribution in [-0.4, -0.2) is 18.2 Å². The van der Waals surface area contributed by atoms with Gasteiger partial charge in [0.1, 0.15) is 13.2 Å². The largest absolute Gasteiger partial charge is 0.486 e. The number of nitrogens with one attached hydrogen (secondary N) is 1. The van der Waals surface area contributed by atoms with Crippen molar-refractivity contribution in [2.24, 2.45) is 0 Å². The second kappa shape index (κ2) is 5.50. The van der Waals surface area contributed by atoms with E-state index >= 15 is 0 Å². The van der Waals surface area contributed by atoms with Crippen molar-refractivity contribution in [3.8, 4) is 11.5 Å². The van der Waals surface area contributed by atoms with Gasteiger partial charge in [0.25, 0.3) is 0 Å². The van der Waals surface area contributed by atoms with E-state index in [1.54, 1.807) is 17.4 Å². The van der Waals surface area contributed by atoms with Crippen LogP contribution in [0.1, 0.15) is 23.5 Å². The van der Waals surface area contributed by atoms with Crippen LogP contribution >= 0.6 is 22.9 Å². The third-order valence-corrected chi connectivity index (χ3v) is 4.61. The lowest BCUT2D eigenvalue weighted by atomic mass is 10.2. The Morgan fingerprint density at radius 2 is 2.00 bits per heavy atom. The van der Waals surface area contributed by atoms with Crippen LogP contribution in [0, 0.1) is 6.92 Å². The van der Waals surface area contributed by atoms with E-state index in [0.29, 0.717) is 24.0 Å². The van der Waals surface area contributed by atoms with E-state index in [1.807, 2.05) is 18.5 Å². The molecule has 2 aromatic rings. The molecule has 106 valence electrons. The molecule has 0 spiro atoms. The Hall–Kier alpha value is -1.46. The minimum absolute atomic E-state index is 0.141. The first-order valence-corrected chi connectivity index (χ1v) is 7.66. The van der Waals surface area contributed by atoms with Gasteiger partial charge in [-0.25, -0.2) is 4.98 Å². The first kappa shape index (κ1) is 13.5. The number of hydrogen-bond acceptors (Lipinski definition) is 5. The summed E-state index contributed by atoms with van der Waals surface area (Å²) < 4.78 is 11.1. The van der Waals surface area contributed by atoms with Gasteiger partial charge in [-0.2, -0.15) is 0 Å². The fourth-order valence-electron chi connectivity index (χ4n) is 2.20. The van der Waals surface area contributed by atoms with Crippen molar-refractivity contribution in [1.82, 2.24) is 4.98 Å². The van der Waals surface area contributed by atoms with Crippen molar-refractivity contribution in [1.29, 1.82) is 0 Å². The van der Waals surface area contributed by atoms with Gasteiger partial charge in [-0.05, 0) is 13.8 Å². The summed E-state index contributed by atoms with van der Waals surface area (Å²) in [6.07, 6.45) is 0. The van der Waals surface area contributed by atoms with Crippen LogP contribution in [0.4, 0.5) is 5.69 Å². The van der Waals surface area contributed by atoms with Crippen LogP contribution in [0.3, 0.4) is 0 Å². The Morgan fingerprint density at radius 3 is 2.65 bits per heavy atom. The monoisotopic (exact) mass is 310 g/mol. The van der Waals surface area contributed by atoms with Crippen molar-refractivity contribution < 1.29 is 9.47 Å². The van der Waals surface area contributed by atoms with Gasteiger partial charge >= 0.3 is 0 Å². The molecule has 1 aliphatic rings. The molecule has 0 saturated carbocycles. The molecule has 6 heteroatoms. The Kier molecular flexibility index (Phi) is 3.72. The van der Waals surface area contributed by atoms with Gasteiger partial charge in [-0.1, -0.05) is 11.6 Å². The van der Waals surface area contributed by atoms with Crippen LogP contribution in [0.2, 0.25) is 5.02 Å². The molecule has 2 heterocycles. The molecule has 1 aromatic carbocycles. The van der Waals surface area contributed by atoms with Gasteiger partial charge < -0.3 is 14.8 Å². The molecule has 20 heavy (non-hydrogen) atoms. The van der Waals surface area contributed by atoms with E-state index in [9.17, 15) is 0 Å². The second-order valence-corrected chi connectivity index (χ2v) is 5.94. The van der Waals surface area contributed by atoms with Crippen LogP contribution < -0.4 is 14.8 Å². The van der Waals surface area contributed by atoms with E-state index in [-0.39, 0.29) is 6.04 Å². The number of fused-ring (bicyclic) bond motifs is 1. The van der Waals surface area contributed by atoms with Crippen molar-refractivity contribution in [3.63, 3.8) is 0 Å². The van der Waals surface area contributed by atoms with Crippen LogP contribution in [0.25, 0.3) is 0 Å². The summed E-state index contributed by atoms with van der Waals surface area (Å²) in [5.41, 5.74) is 3.74. The normalized spacial score (nSPS) is 14.9. The highest BCUT2D eigenvalue weighted by molar-refractivity contribution is 7.09. The maximum Gasteiger partial charge on any atom is 0.163 e. The zero-order valence-corrected chi connectivity index (χ0v) is 12.8. The molecule has 4 nitrogen and oxygen atoms in total. The van der Waals surface area contributed by atoms with Gasteiger partial charge in [-0.3, -0.25) is 0 Å². The maximum atomic E-state index is 6.30. The molecule has 3 rings (SSSR count). The van der Waals surface area contributed by atoms with Crippen LogP contribution in [0.5, 0.6) is 11.5 Å². The summed E-state index contributed by atoms with van der Waals surface area (Å²) in [7, 11) is 0. The smallest absolute Gasteiger partial charge is 0.163 e. The number of aryl methyl sites for hydroxylation is 1. The molecule has 1 unspecified atom stereocenters. The van der Waals surface area contributed by atoms with E-state index < -0.39 is 0 Å². The number of ether oxygens (including phenoxy) is 2. The lowest BCUT2D eigenvalue weighted by Gasteiger charge is -2.21. The predicted octanol–water partition coefficient (Wildman–Crippen LogP) is 4.05. The Balaban J connectivity index is 1.85. The van der Waals surface area contributed by atoms with Crippen LogP contribution in [-0.2, 0) is 0 Å². The Morgan fingerprint density at radius 1 is 1.30 bits per heavy atom. The average Bonchev–Trinajstić information content (AvgIpc) is 2.86. The van der Waals surface area contributed by atoms with Crippen molar-refractivity contribution >= 4 is 28.6 Å². The second-order valence-electron chi connectivity index (χ2n) is 4.64. The fraction of sp³-hybridized carbons (Fsp3) is 0.357. The first-order valence-electron chi connectivity index (χ1n) is 6.41. The van der Waals surface area contributed by atoms with Gasteiger partial charge in [0.05, 0.1) is 28.0 Å². The number of nitrogens with zero attached hydrogens (tertiary/aromatic N) is 1. The average molecular weight is 311 g/mol. The minimum Gasteiger partial charge on any atom is -0.486 e. The summed E-state index contributed by atoms with van der Waals surface area (Å²) >= 11 is 7.94. The molecule has 1 N–H and O–H groups in total. The number of anilines is 1. The van der Waals surface area contributed by atoms with Gasteiger partial charge in [0, 0.05) is 17.0 Å². The molecular weight excluding hydrogens is 296 g/mol. The molecule has 0 radical (unpaired) electrons. The highest BCUT2D eigenvalue weighted by Crippen LogP contribution is 2.39. The highest BCUT2D eigenvalue weighted by Gasteiger charge is 2.17. The lowest BCUT2D eigenvalue weighted by molar-refractivity contribution is 0.171. The number of aromatic nitrogens is 1. The van der Waals surface area contributed by atoms with Crippen LogP contribution in [0.15, 0.2) is 17.6 Å². The Bertz CT molecular complexity index is 630. The third-order valence-electron chi connectivity index (χ3n) is 3.18. The number of thiazole rings is 1. The minimum atomic E-state index is 0.141. The lowest BCUT2D eigenvalue weighted by Crippen LogP contribution is -2.16. The summed E-state index contributed by atoms with van der Waals surface area (Å²) in [6.45, 7) is 5.23. The molecule has 0 amide bonds. The molecule has 0 bridgehead atoms. The van der Waals surface area contributed by atoms with E-state index in [4.69, 9.17) is 21.1 Å². The number of hydrogen-bond donors (Lipinski definition) is 1. The number of benzene rings is 1. The maximum absolute atomic E-state index is 6.30. The summed E-state index contributed by atoms with van der Waals surface area (Å²) in [4.78, 5) is 5.48. The number of rotatable bonds is 3. The van der Waals surface area contributed by atoms with E-state index in [2.05, 4.69) is 17.2 Å². The molecule has 1 aromatic heterocycles. The fourth-order valence-corrected chi connectivity index (χ4v) is 3.22. The molecule has 0 saturated heterocycles. The molecule has 1 atom stereocenters. The van der Waals surface area contributed by atoms with Gasteiger partial charge in [-0.15, -0.1) is 11.3 Å². The Labute approximate surface area is 126 Å². The molecular formula is C14H15ClN2O2S. The van der Waals surface area contributed by atoms with Crippen molar-refractivity contribution in [3.05, 3.63) is 33.2 Å². The third kappa shape index (κ3) is 2.55. The molecule has 0 aliphatic carbocycles. The van der Waals surface area contributed by atoms with Gasteiger partial charge in [0.2, 0.25) is 0 Å². The molecule has 1 aliphatic heterocycles. The van der Waals surface area contributed by atoms with Crippen molar-refractivity contribution in [2.45, 2.75) is 19.9 Å².